The number of Topliss-reactive ketones (excluding diaryl/α,β-unsaturated/α-hetero) is 2. The van der Waals surface area contributed by atoms with Crippen molar-refractivity contribution in [3.05, 3.63) is 145 Å². The lowest BCUT2D eigenvalue weighted by atomic mass is 9.66. The van der Waals surface area contributed by atoms with Gasteiger partial charge in [0, 0.05) is 17.1 Å². The molecule has 0 heterocycles. The zero-order valence-corrected chi connectivity index (χ0v) is 38.9. The largest absolute Gasteiger partial charge is 0.490 e. The molecule has 0 amide bonds. The molecule has 11 heteroatoms. The highest BCUT2D eigenvalue weighted by Crippen LogP contribution is 2.58. The number of fused-ring (bicyclic) bond motifs is 3. The van der Waals surface area contributed by atoms with Crippen LogP contribution in [0.3, 0.4) is 0 Å². The average Bonchev–Trinajstić information content (AvgIpc) is 3.56. The molecular formula is C52H59BrO10. The number of benzene rings is 5. The van der Waals surface area contributed by atoms with Gasteiger partial charge in [-0.1, -0.05) is 64.5 Å². The summed E-state index contributed by atoms with van der Waals surface area (Å²) in [4.78, 5) is 27.2. The van der Waals surface area contributed by atoms with Crippen molar-refractivity contribution >= 4 is 27.5 Å². The number of aliphatic hydroxyl groups excluding tert-OH is 1. The summed E-state index contributed by atoms with van der Waals surface area (Å²) in [6.45, 7) is 13.9. The number of ketones is 2. The molecule has 0 fully saturated rings. The van der Waals surface area contributed by atoms with Gasteiger partial charge in [0.25, 0.3) is 0 Å². The van der Waals surface area contributed by atoms with Crippen LogP contribution in [0.2, 0.25) is 0 Å². The van der Waals surface area contributed by atoms with Gasteiger partial charge in [-0.15, -0.1) is 0 Å². The molecule has 1 atom stereocenters. The molecule has 1 unspecified atom stereocenters. The number of hydrogen-bond acceptors (Lipinski definition) is 10. The van der Waals surface area contributed by atoms with Gasteiger partial charge in [-0.3, -0.25) is 9.59 Å². The number of methoxy groups -OCH3 is 1. The Labute approximate surface area is 379 Å². The highest BCUT2D eigenvalue weighted by Gasteiger charge is 2.47. The highest BCUT2D eigenvalue weighted by molar-refractivity contribution is 9.10. The minimum Gasteiger partial charge on any atom is -0.490 e. The number of aryl methyl sites for hydroxylation is 2. The number of hydrogen-bond donors (Lipinski definition) is 1. The van der Waals surface area contributed by atoms with E-state index in [-0.39, 0.29) is 38.0 Å². The number of carbonyl (C=O) groups excluding carboxylic acids is 2. The molecule has 5 aromatic carbocycles. The zero-order chi connectivity index (χ0) is 44.9. The molecular weight excluding hydrogens is 864 g/mol. The quantitative estimate of drug-likeness (QED) is 0.0440. The Morgan fingerprint density at radius 1 is 0.571 bits per heavy atom. The maximum Gasteiger partial charge on any atom is 0.163 e. The van der Waals surface area contributed by atoms with Crippen LogP contribution in [-0.4, -0.2) is 103 Å². The molecule has 0 aromatic heterocycles. The van der Waals surface area contributed by atoms with E-state index in [1.807, 2.05) is 30.3 Å². The fourth-order valence-corrected chi connectivity index (χ4v) is 8.62. The van der Waals surface area contributed by atoms with Crippen LogP contribution >= 0.6 is 15.9 Å². The summed E-state index contributed by atoms with van der Waals surface area (Å²) in [6.07, 6.45) is 0. The minimum absolute atomic E-state index is 0.0308. The summed E-state index contributed by atoms with van der Waals surface area (Å²) >= 11 is 3.81. The van der Waals surface area contributed by atoms with Crippen LogP contribution < -0.4 is 4.74 Å². The lowest BCUT2D eigenvalue weighted by Crippen LogP contribution is -2.29. The Kier molecular flexibility index (Phi) is 17.4. The molecule has 6 rings (SSSR count). The second kappa shape index (κ2) is 22.9. The van der Waals surface area contributed by atoms with Crippen LogP contribution in [0, 0.1) is 20.8 Å². The number of aliphatic hydroxyl groups is 1. The third-order valence-electron chi connectivity index (χ3n) is 11.6. The number of halogens is 1. The standard InChI is InChI=1S/C52H59BrO10/c1-34-27-41(28-35(2)36(34)3)39-8-12-45-46-13-11-44(53)32-50(46)52(49(45)29-39,42-9-7-40(47(30-42)37(4)55)33-62-24-23-60-20-19-58-16-15-54)43-10-14-51(48(31-43)38(5)56)63-26-25-61-22-21-59-18-17-57-6/h7-14,27-32,54H,15-26,33H2,1-6H3. The fourth-order valence-electron chi connectivity index (χ4n) is 8.26. The molecule has 334 valence electrons. The first kappa shape index (κ1) is 47.9. The molecule has 63 heavy (non-hydrogen) atoms. The monoisotopic (exact) mass is 922 g/mol. The van der Waals surface area contributed by atoms with Gasteiger partial charge in [0.15, 0.2) is 11.6 Å². The van der Waals surface area contributed by atoms with Gasteiger partial charge in [0.1, 0.15) is 12.4 Å². The van der Waals surface area contributed by atoms with E-state index >= 15 is 0 Å². The first-order valence-corrected chi connectivity index (χ1v) is 22.2. The maximum atomic E-state index is 13.6. The van der Waals surface area contributed by atoms with Crippen molar-refractivity contribution < 1.29 is 47.9 Å². The van der Waals surface area contributed by atoms with E-state index in [0.717, 1.165) is 54.5 Å². The molecule has 0 bridgehead atoms. The highest BCUT2D eigenvalue weighted by atomic mass is 79.9. The second-order valence-corrected chi connectivity index (χ2v) is 16.6. The van der Waals surface area contributed by atoms with Gasteiger partial charge < -0.3 is 38.3 Å². The summed E-state index contributed by atoms with van der Waals surface area (Å²) in [5, 5.41) is 8.91. The van der Waals surface area contributed by atoms with Gasteiger partial charge in [-0.25, -0.2) is 0 Å². The van der Waals surface area contributed by atoms with E-state index in [9.17, 15) is 9.59 Å². The SMILES string of the molecule is COCCOCCOCCOc1ccc(C2(c3ccc(COCCOCCOCCO)c(C(C)=O)c3)c3cc(Br)ccc3-c3ccc(-c4cc(C)c(C)c(C)c4)cc32)cc1C(C)=O. The van der Waals surface area contributed by atoms with Gasteiger partial charge in [0.2, 0.25) is 0 Å². The Bertz CT molecular complexity index is 2270. The smallest absolute Gasteiger partial charge is 0.163 e. The summed E-state index contributed by atoms with van der Waals surface area (Å²) in [5.74, 6) is 0.235. The molecule has 0 spiro atoms. The Morgan fingerprint density at radius 3 is 1.73 bits per heavy atom. The van der Waals surface area contributed by atoms with Crippen molar-refractivity contribution in [2.45, 2.75) is 46.6 Å². The molecule has 1 N–H and O–H groups in total. The van der Waals surface area contributed by atoms with Crippen molar-refractivity contribution in [2.75, 3.05) is 86.4 Å². The van der Waals surface area contributed by atoms with E-state index in [4.69, 9.17) is 38.3 Å². The second-order valence-electron chi connectivity index (χ2n) is 15.7. The number of ether oxygens (including phenoxy) is 7. The van der Waals surface area contributed by atoms with E-state index in [1.54, 1.807) is 21.0 Å². The van der Waals surface area contributed by atoms with E-state index in [1.165, 1.54) is 16.7 Å². The minimum atomic E-state index is -0.969. The van der Waals surface area contributed by atoms with Crippen molar-refractivity contribution in [3.63, 3.8) is 0 Å². The lowest BCUT2D eigenvalue weighted by Gasteiger charge is -2.35. The van der Waals surface area contributed by atoms with Gasteiger partial charge in [-0.05, 0) is 138 Å². The Hall–Kier alpha value is -4.56. The predicted octanol–water partition coefficient (Wildman–Crippen LogP) is 9.41. The molecule has 1 aliphatic rings. The first-order valence-electron chi connectivity index (χ1n) is 21.5. The van der Waals surface area contributed by atoms with Crippen LogP contribution in [0.4, 0.5) is 0 Å². The van der Waals surface area contributed by atoms with Crippen LogP contribution in [0.25, 0.3) is 22.3 Å². The normalized spacial score (nSPS) is 14.2. The number of rotatable bonds is 25. The third-order valence-corrected chi connectivity index (χ3v) is 12.1. The van der Waals surface area contributed by atoms with E-state index < -0.39 is 5.41 Å². The molecule has 0 saturated heterocycles. The third kappa shape index (κ3) is 11.2. The van der Waals surface area contributed by atoms with Crippen LogP contribution in [-0.2, 0) is 40.4 Å². The van der Waals surface area contributed by atoms with Crippen molar-refractivity contribution in [1.82, 2.24) is 0 Å². The summed E-state index contributed by atoms with van der Waals surface area (Å²) in [6, 6.07) is 29.4. The molecule has 5 aromatic rings. The average molecular weight is 924 g/mol. The molecule has 0 saturated carbocycles. The number of carbonyl (C=O) groups is 2. The predicted molar refractivity (Wildman–Crippen MR) is 248 cm³/mol. The Morgan fingerprint density at radius 2 is 1.11 bits per heavy atom. The molecule has 0 aliphatic heterocycles. The molecule has 1 aliphatic carbocycles. The van der Waals surface area contributed by atoms with E-state index in [2.05, 4.69) is 91.3 Å². The van der Waals surface area contributed by atoms with Crippen molar-refractivity contribution in [1.29, 1.82) is 0 Å². The summed E-state index contributed by atoms with van der Waals surface area (Å²) < 4.78 is 40.3. The molecule has 0 radical (unpaired) electrons. The summed E-state index contributed by atoms with van der Waals surface area (Å²) in [5.41, 5.74) is 12.6. The van der Waals surface area contributed by atoms with Crippen molar-refractivity contribution in [3.8, 4) is 28.0 Å². The zero-order valence-electron chi connectivity index (χ0n) is 37.3. The Balaban J connectivity index is 1.45. The van der Waals surface area contributed by atoms with Crippen molar-refractivity contribution in [2.24, 2.45) is 0 Å². The lowest BCUT2D eigenvalue weighted by molar-refractivity contribution is 0.00443. The fraction of sp³-hybridized carbons (Fsp3) is 0.385. The van der Waals surface area contributed by atoms with E-state index in [0.29, 0.717) is 76.3 Å². The maximum absolute atomic E-state index is 13.6. The van der Waals surface area contributed by atoms with Crippen LogP contribution in [0.15, 0.2) is 89.4 Å². The topological polar surface area (TPSA) is 119 Å². The van der Waals surface area contributed by atoms with Gasteiger partial charge in [0.05, 0.1) is 90.3 Å². The molecule has 10 nitrogen and oxygen atoms in total. The van der Waals surface area contributed by atoms with Crippen LogP contribution in [0.1, 0.15) is 79.1 Å². The first-order chi connectivity index (χ1) is 30.5. The van der Waals surface area contributed by atoms with Gasteiger partial charge in [-0.2, -0.15) is 0 Å². The summed E-state index contributed by atoms with van der Waals surface area (Å²) in [7, 11) is 1.63. The van der Waals surface area contributed by atoms with Crippen LogP contribution in [0.5, 0.6) is 5.75 Å². The van der Waals surface area contributed by atoms with Gasteiger partial charge >= 0.3 is 0 Å².